The van der Waals surface area contributed by atoms with Gasteiger partial charge < -0.3 is 0 Å². The second-order valence-corrected chi connectivity index (χ2v) is 7.50. The average molecular weight is 313 g/mol. The lowest BCUT2D eigenvalue weighted by atomic mass is 9.84. The fourth-order valence-electron chi connectivity index (χ4n) is 3.49. The highest BCUT2D eigenvalue weighted by molar-refractivity contribution is 7.89. The predicted octanol–water partition coefficient (Wildman–Crippen LogP) is 2.80. The summed E-state index contributed by atoms with van der Waals surface area (Å²) in [6, 6.07) is 0.323. The average Bonchev–Trinajstić information content (AvgIpc) is 2.86. The Bertz CT molecular complexity index is 584. The van der Waals surface area contributed by atoms with E-state index < -0.39 is 10.0 Å². The molecule has 0 bridgehead atoms. The maximum Gasteiger partial charge on any atom is 0.241 e. The molecule has 0 unspecified atom stereocenters. The zero-order chi connectivity index (χ0) is 15.6. The molecule has 0 atom stereocenters. The molecule has 1 saturated carbocycles. The Morgan fingerprint density at radius 1 is 1.14 bits per heavy atom. The van der Waals surface area contributed by atoms with Crippen molar-refractivity contribution in [1.29, 1.82) is 0 Å². The van der Waals surface area contributed by atoms with Gasteiger partial charge in [0.15, 0.2) is 0 Å². The molecule has 1 aliphatic rings. The highest BCUT2D eigenvalue weighted by Gasteiger charge is 2.29. The summed E-state index contributed by atoms with van der Waals surface area (Å²) in [4.78, 5) is 0.269. The molecule has 1 aromatic rings. The van der Waals surface area contributed by atoms with Crippen LogP contribution in [-0.2, 0) is 22.9 Å². The number of sulfonamides is 1. The minimum absolute atomic E-state index is 0.269. The first-order chi connectivity index (χ1) is 9.92. The highest BCUT2D eigenvalue weighted by atomic mass is 32.2. The smallest absolute Gasteiger partial charge is 0.241 e. The molecular weight excluding hydrogens is 286 g/mol. The number of nitrogens with zero attached hydrogens (tertiary/aromatic N) is 2. The molecule has 2 N–H and O–H groups in total. The molecule has 0 amide bonds. The van der Waals surface area contributed by atoms with E-state index in [9.17, 15) is 8.42 Å². The van der Waals surface area contributed by atoms with Crippen molar-refractivity contribution in [1.82, 2.24) is 9.78 Å². The summed E-state index contributed by atoms with van der Waals surface area (Å²) < 4.78 is 25.8. The van der Waals surface area contributed by atoms with Gasteiger partial charge in [0.2, 0.25) is 10.0 Å². The third kappa shape index (κ3) is 3.31. The Hall–Kier alpha value is -0.880. The van der Waals surface area contributed by atoms with Crippen LogP contribution in [0.3, 0.4) is 0 Å². The van der Waals surface area contributed by atoms with Crippen LogP contribution in [0.5, 0.6) is 0 Å². The van der Waals surface area contributed by atoms with Crippen molar-refractivity contribution in [2.24, 2.45) is 11.1 Å². The molecule has 1 aromatic heterocycles. The first kappa shape index (κ1) is 16.5. The summed E-state index contributed by atoms with van der Waals surface area (Å²) in [6.07, 6.45) is 7.05. The monoisotopic (exact) mass is 313 g/mol. The Morgan fingerprint density at radius 2 is 1.76 bits per heavy atom. The zero-order valence-electron chi connectivity index (χ0n) is 13.3. The Labute approximate surface area is 128 Å². The molecule has 0 aliphatic heterocycles. The number of aryl methyl sites for hydroxylation is 1. The maximum atomic E-state index is 11.9. The minimum Gasteiger partial charge on any atom is -0.265 e. The second-order valence-electron chi connectivity index (χ2n) is 6.00. The summed E-state index contributed by atoms with van der Waals surface area (Å²) in [7, 11) is -3.70. The molecule has 0 aromatic carbocycles. The number of hydrogen-bond donors (Lipinski definition) is 1. The summed E-state index contributed by atoms with van der Waals surface area (Å²) in [5.41, 5.74) is 1.40. The van der Waals surface area contributed by atoms with Gasteiger partial charge in [-0.1, -0.05) is 27.2 Å². The largest absolute Gasteiger partial charge is 0.265 e. The lowest BCUT2D eigenvalue weighted by Gasteiger charge is -2.29. The first-order valence-corrected chi connectivity index (χ1v) is 9.59. The van der Waals surface area contributed by atoms with Crippen LogP contribution in [0.2, 0.25) is 0 Å². The van der Waals surface area contributed by atoms with Crippen LogP contribution in [0.4, 0.5) is 0 Å². The van der Waals surface area contributed by atoms with Crippen LogP contribution in [-0.4, -0.2) is 18.2 Å². The molecule has 0 saturated heterocycles. The van der Waals surface area contributed by atoms with Crippen molar-refractivity contribution in [2.75, 3.05) is 0 Å². The maximum absolute atomic E-state index is 11.9. The number of primary sulfonamides is 1. The van der Waals surface area contributed by atoms with Gasteiger partial charge in [-0.15, -0.1) is 0 Å². The Kier molecular flexibility index (Phi) is 5.09. The Balaban J connectivity index is 2.39. The second kappa shape index (κ2) is 6.48. The lowest BCUT2D eigenvalue weighted by molar-refractivity contribution is 0.251. The summed E-state index contributed by atoms with van der Waals surface area (Å²) in [6.45, 7) is 6.14. The van der Waals surface area contributed by atoms with Gasteiger partial charge >= 0.3 is 0 Å². The summed E-state index contributed by atoms with van der Waals surface area (Å²) >= 11 is 0. The van der Waals surface area contributed by atoms with E-state index in [-0.39, 0.29) is 4.90 Å². The van der Waals surface area contributed by atoms with Crippen molar-refractivity contribution in [3.8, 4) is 0 Å². The molecule has 1 aliphatic carbocycles. The SMILES string of the molecule is CCc1nn(C2CCC(CC)CC2)c(CC)c1S(N)(=O)=O. The molecule has 2 rings (SSSR count). The molecule has 0 radical (unpaired) electrons. The van der Waals surface area contributed by atoms with Gasteiger partial charge in [0.05, 0.1) is 17.4 Å². The van der Waals surface area contributed by atoms with Gasteiger partial charge in [-0.25, -0.2) is 13.6 Å². The van der Waals surface area contributed by atoms with Crippen molar-refractivity contribution in [3.05, 3.63) is 11.4 Å². The van der Waals surface area contributed by atoms with Crippen LogP contribution in [0.25, 0.3) is 0 Å². The van der Waals surface area contributed by atoms with E-state index in [1.807, 2.05) is 18.5 Å². The number of rotatable bonds is 5. The van der Waals surface area contributed by atoms with Crippen LogP contribution < -0.4 is 5.14 Å². The normalized spacial score (nSPS) is 23.4. The third-order valence-electron chi connectivity index (χ3n) is 4.72. The first-order valence-electron chi connectivity index (χ1n) is 8.05. The van der Waals surface area contributed by atoms with Crippen LogP contribution in [0.1, 0.15) is 70.3 Å². The van der Waals surface area contributed by atoms with E-state index in [0.717, 1.165) is 24.5 Å². The summed E-state index contributed by atoms with van der Waals surface area (Å²) in [5, 5.41) is 10.0. The zero-order valence-corrected chi connectivity index (χ0v) is 14.1. The van der Waals surface area contributed by atoms with Gasteiger partial charge in [-0.05, 0) is 44.4 Å². The van der Waals surface area contributed by atoms with Crippen LogP contribution in [0.15, 0.2) is 4.90 Å². The highest BCUT2D eigenvalue weighted by Crippen LogP contribution is 2.35. The van der Waals surface area contributed by atoms with Gasteiger partial charge in [-0.3, -0.25) is 4.68 Å². The van der Waals surface area contributed by atoms with Crippen LogP contribution >= 0.6 is 0 Å². The molecule has 0 spiro atoms. The molecule has 21 heavy (non-hydrogen) atoms. The fourth-order valence-corrected chi connectivity index (χ4v) is 4.57. The molecule has 5 nitrogen and oxygen atoms in total. The molecule has 6 heteroatoms. The van der Waals surface area contributed by atoms with Crippen molar-refractivity contribution in [3.63, 3.8) is 0 Å². The number of nitrogens with two attached hydrogens (primary N) is 1. The molecule has 1 heterocycles. The standard InChI is InChI=1S/C15H27N3O2S/c1-4-11-7-9-12(10-8-11)18-14(6-3)15(21(16,19)20)13(5-2)17-18/h11-12H,4-10H2,1-3H3,(H2,16,19,20). The lowest BCUT2D eigenvalue weighted by Crippen LogP contribution is -2.21. The quantitative estimate of drug-likeness (QED) is 0.908. The predicted molar refractivity (Wildman–Crippen MR) is 83.6 cm³/mol. The topological polar surface area (TPSA) is 78.0 Å². The summed E-state index contributed by atoms with van der Waals surface area (Å²) in [5.74, 6) is 0.810. The number of hydrogen-bond acceptors (Lipinski definition) is 3. The Morgan fingerprint density at radius 3 is 2.19 bits per heavy atom. The van der Waals surface area contributed by atoms with Gasteiger partial charge in [-0.2, -0.15) is 5.10 Å². The van der Waals surface area contributed by atoms with E-state index in [1.165, 1.54) is 19.3 Å². The van der Waals surface area contributed by atoms with E-state index in [4.69, 9.17) is 5.14 Å². The van der Waals surface area contributed by atoms with Crippen LogP contribution in [0, 0.1) is 5.92 Å². The fraction of sp³-hybridized carbons (Fsp3) is 0.800. The van der Waals surface area contributed by atoms with Crippen molar-refractivity contribution in [2.45, 2.75) is 76.7 Å². The molecule has 120 valence electrons. The molecular formula is C15H27N3O2S. The molecule has 1 fully saturated rings. The minimum atomic E-state index is -3.70. The van der Waals surface area contributed by atoms with E-state index in [0.29, 0.717) is 24.6 Å². The van der Waals surface area contributed by atoms with Gasteiger partial charge in [0.1, 0.15) is 4.90 Å². The van der Waals surface area contributed by atoms with Gasteiger partial charge in [0, 0.05) is 0 Å². The number of aromatic nitrogens is 2. The van der Waals surface area contributed by atoms with E-state index >= 15 is 0 Å². The van der Waals surface area contributed by atoms with Crippen molar-refractivity contribution < 1.29 is 8.42 Å². The van der Waals surface area contributed by atoms with E-state index in [1.54, 1.807) is 0 Å². The van der Waals surface area contributed by atoms with Crippen molar-refractivity contribution >= 4 is 10.0 Å². The third-order valence-corrected chi connectivity index (χ3v) is 5.76. The van der Waals surface area contributed by atoms with Gasteiger partial charge in [0.25, 0.3) is 0 Å². The van der Waals surface area contributed by atoms with E-state index in [2.05, 4.69) is 12.0 Å².